The van der Waals surface area contributed by atoms with Crippen LogP contribution in [0.4, 0.5) is 0 Å². The van der Waals surface area contributed by atoms with Crippen LogP contribution in [0.25, 0.3) is 16.7 Å². The van der Waals surface area contributed by atoms with E-state index in [0.29, 0.717) is 5.56 Å². The molecule has 1 aromatic heterocycles. The molecule has 0 bridgehead atoms. The van der Waals surface area contributed by atoms with Crippen molar-refractivity contribution in [3.63, 3.8) is 0 Å². The first-order valence-corrected chi connectivity index (χ1v) is 6.02. The van der Waals surface area contributed by atoms with E-state index < -0.39 is 5.91 Å². The van der Waals surface area contributed by atoms with Crippen LogP contribution in [0.2, 0.25) is 0 Å². The molecule has 0 unspecified atom stereocenters. The fraction of sp³-hybridized carbons (Fsp3) is 0.0667. The highest BCUT2D eigenvalue weighted by Gasteiger charge is 2.14. The summed E-state index contributed by atoms with van der Waals surface area (Å²) >= 11 is 0. The summed E-state index contributed by atoms with van der Waals surface area (Å²) < 4.78 is 1.95. The molecular formula is C15H13N3O. The highest BCUT2D eigenvalue weighted by atomic mass is 16.1. The van der Waals surface area contributed by atoms with Gasteiger partial charge in [0.25, 0.3) is 5.91 Å². The second-order valence-corrected chi connectivity index (χ2v) is 4.36. The number of fused-ring (bicyclic) bond motifs is 1. The zero-order valence-corrected chi connectivity index (χ0v) is 10.5. The number of hydrogen-bond donors (Lipinski definition) is 1. The van der Waals surface area contributed by atoms with E-state index in [1.54, 1.807) is 12.1 Å². The average Bonchev–Trinajstić information content (AvgIpc) is 2.74. The van der Waals surface area contributed by atoms with Crippen molar-refractivity contribution < 1.29 is 4.79 Å². The summed E-state index contributed by atoms with van der Waals surface area (Å²) in [6, 6.07) is 15.1. The predicted octanol–water partition coefficient (Wildman–Crippen LogP) is 2.43. The standard InChI is InChI=1S/C15H13N3O/c1-10-17-12-7-3-5-9-14(12)18(10)13-8-4-2-6-11(13)15(16)19/h2-9H,1H3,(H2,16,19). The van der Waals surface area contributed by atoms with Crippen molar-refractivity contribution in [1.82, 2.24) is 9.55 Å². The van der Waals surface area contributed by atoms with Gasteiger partial charge in [0.05, 0.1) is 22.3 Å². The summed E-state index contributed by atoms with van der Waals surface area (Å²) in [5.41, 5.74) is 8.57. The number of amides is 1. The topological polar surface area (TPSA) is 60.9 Å². The number of nitrogens with zero attached hydrogens (tertiary/aromatic N) is 2. The van der Waals surface area contributed by atoms with Gasteiger partial charge in [0.15, 0.2) is 0 Å². The fourth-order valence-corrected chi connectivity index (χ4v) is 2.33. The van der Waals surface area contributed by atoms with Crippen LogP contribution in [0.5, 0.6) is 0 Å². The van der Waals surface area contributed by atoms with Crippen molar-refractivity contribution in [2.75, 3.05) is 0 Å². The molecule has 1 amide bonds. The van der Waals surface area contributed by atoms with Crippen LogP contribution in [0.1, 0.15) is 16.2 Å². The van der Waals surface area contributed by atoms with E-state index in [1.807, 2.05) is 47.9 Å². The Morgan fingerprint density at radius 2 is 1.79 bits per heavy atom. The molecular weight excluding hydrogens is 238 g/mol. The number of para-hydroxylation sites is 3. The molecule has 4 nitrogen and oxygen atoms in total. The lowest BCUT2D eigenvalue weighted by molar-refractivity contribution is 0.100. The van der Waals surface area contributed by atoms with Crippen LogP contribution in [0.3, 0.4) is 0 Å². The molecule has 2 aromatic carbocycles. The highest BCUT2D eigenvalue weighted by molar-refractivity contribution is 5.97. The third-order valence-corrected chi connectivity index (χ3v) is 3.14. The second kappa shape index (κ2) is 4.24. The van der Waals surface area contributed by atoms with Crippen LogP contribution < -0.4 is 5.73 Å². The third-order valence-electron chi connectivity index (χ3n) is 3.14. The van der Waals surface area contributed by atoms with Crippen molar-refractivity contribution in [2.45, 2.75) is 6.92 Å². The molecule has 0 spiro atoms. The number of rotatable bonds is 2. The molecule has 0 fully saturated rings. The summed E-state index contributed by atoms with van der Waals surface area (Å²) in [6.45, 7) is 1.91. The molecule has 0 radical (unpaired) electrons. The first kappa shape index (κ1) is 11.5. The number of primary amides is 1. The van der Waals surface area contributed by atoms with Gasteiger partial charge in [-0.15, -0.1) is 0 Å². The zero-order chi connectivity index (χ0) is 13.4. The maximum Gasteiger partial charge on any atom is 0.250 e. The predicted molar refractivity (Wildman–Crippen MR) is 74.3 cm³/mol. The van der Waals surface area contributed by atoms with Crippen molar-refractivity contribution in [2.24, 2.45) is 5.73 Å². The third kappa shape index (κ3) is 1.78. The molecule has 0 aliphatic carbocycles. The van der Waals surface area contributed by atoms with Crippen LogP contribution in [-0.4, -0.2) is 15.5 Å². The molecule has 3 aromatic rings. The van der Waals surface area contributed by atoms with Crippen molar-refractivity contribution in [1.29, 1.82) is 0 Å². The number of aromatic nitrogens is 2. The SMILES string of the molecule is Cc1nc2ccccc2n1-c1ccccc1C(N)=O. The van der Waals surface area contributed by atoms with E-state index in [2.05, 4.69) is 4.98 Å². The number of nitrogens with two attached hydrogens (primary N) is 1. The summed E-state index contributed by atoms with van der Waals surface area (Å²) in [7, 11) is 0. The van der Waals surface area contributed by atoms with Crippen molar-refractivity contribution >= 4 is 16.9 Å². The summed E-state index contributed by atoms with van der Waals surface area (Å²) in [4.78, 5) is 16.1. The number of carbonyl (C=O) groups excluding carboxylic acids is 1. The largest absolute Gasteiger partial charge is 0.366 e. The Kier molecular flexibility index (Phi) is 2.56. The van der Waals surface area contributed by atoms with E-state index in [0.717, 1.165) is 22.5 Å². The van der Waals surface area contributed by atoms with Crippen LogP contribution in [0, 0.1) is 6.92 Å². The second-order valence-electron chi connectivity index (χ2n) is 4.36. The number of hydrogen-bond acceptors (Lipinski definition) is 2. The molecule has 0 atom stereocenters. The van der Waals surface area contributed by atoms with E-state index in [4.69, 9.17) is 5.73 Å². The van der Waals surface area contributed by atoms with Crippen LogP contribution in [-0.2, 0) is 0 Å². The van der Waals surface area contributed by atoms with E-state index in [-0.39, 0.29) is 0 Å². The normalized spacial score (nSPS) is 10.8. The van der Waals surface area contributed by atoms with Gasteiger partial charge in [-0.25, -0.2) is 4.98 Å². The molecule has 19 heavy (non-hydrogen) atoms. The zero-order valence-electron chi connectivity index (χ0n) is 10.5. The van der Waals surface area contributed by atoms with Gasteiger partial charge in [-0.1, -0.05) is 24.3 Å². The Bertz CT molecular complexity index is 774. The molecule has 3 rings (SSSR count). The lowest BCUT2D eigenvalue weighted by atomic mass is 10.1. The highest BCUT2D eigenvalue weighted by Crippen LogP contribution is 2.23. The molecule has 4 heteroatoms. The Morgan fingerprint density at radius 1 is 1.11 bits per heavy atom. The Morgan fingerprint density at radius 3 is 2.58 bits per heavy atom. The molecule has 0 saturated heterocycles. The monoisotopic (exact) mass is 251 g/mol. The minimum atomic E-state index is -0.437. The van der Waals surface area contributed by atoms with Gasteiger partial charge in [0.1, 0.15) is 5.82 Å². The Labute approximate surface area is 110 Å². The maximum absolute atomic E-state index is 11.6. The first-order chi connectivity index (χ1) is 9.18. The molecule has 0 saturated carbocycles. The smallest absolute Gasteiger partial charge is 0.250 e. The minimum absolute atomic E-state index is 0.437. The van der Waals surface area contributed by atoms with E-state index in [1.165, 1.54) is 0 Å². The van der Waals surface area contributed by atoms with E-state index >= 15 is 0 Å². The first-order valence-electron chi connectivity index (χ1n) is 6.02. The van der Waals surface area contributed by atoms with Crippen molar-refractivity contribution in [3.05, 3.63) is 59.9 Å². The Hall–Kier alpha value is -2.62. The summed E-state index contributed by atoms with van der Waals surface area (Å²) in [6.07, 6.45) is 0. The Balaban J connectivity index is 2.37. The number of carbonyl (C=O) groups is 1. The molecule has 1 heterocycles. The summed E-state index contributed by atoms with van der Waals surface area (Å²) in [5, 5.41) is 0. The minimum Gasteiger partial charge on any atom is -0.366 e. The lowest BCUT2D eigenvalue weighted by Crippen LogP contribution is -2.15. The molecule has 0 aliphatic rings. The van der Waals surface area contributed by atoms with Gasteiger partial charge in [0.2, 0.25) is 0 Å². The molecule has 94 valence electrons. The van der Waals surface area contributed by atoms with Gasteiger partial charge in [-0.3, -0.25) is 9.36 Å². The van der Waals surface area contributed by atoms with Gasteiger partial charge >= 0.3 is 0 Å². The molecule has 0 aliphatic heterocycles. The number of benzene rings is 2. The summed E-state index contributed by atoms with van der Waals surface area (Å²) in [5.74, 6) is 0.391. The lowest BCUT2D eigenvalue weighted by Gasteiger charge is -2.10. The molecule has 2 N–H and O–H groups in total. The fourth-order valence-electron chi connectivity index (χ4n) is 2.33. The van der Waals surface area contributed by atoms with Gasteiger partial charge < -0.3 is 5.73 Å². The maximum atomic E-state index is 11.6. The van der Waals surface area contributed by atoms with E-state index in [9.17, 15) is 4.79 Å². The quantitative estimate of drug-likeness (QED) is 0.760. The van der Waals surface area contributed by atoms with Crippen LogP contribution >= 0.6 is 0 Å². The number of imidazole rings is 1. The average molecular weight is 251 g/mol. The number of aryl methyl sites for hydroxylation is 1. The van der Waals surface area contributed by atoms with Crippen molar-refractivity contribution in [3.8, 4) is 5.69 Å². The van der Waals surface area contributed by atoms with Gasteiger partial charge in [-0.2, -0.15) is 0 Å². The van der Waals surface area contributed by atoms with Crippen LogP contribution in [0.15, 0.2) is 48.5 Å². The van der Waals surface area contributed by atoms with Gasteiger partial charge in [-0.05, 0) is 31.2 Å². The van der Waals surface area contributed by atoms with Gasteiger partial charge in [0, 0.05) is 0 Å².